The van der Waals surface area contributed by atoms with Crippen molar-refractivity contribution in [2.75, 3.05) is 38.8 Å². The van der Waals surface area contributed by atoms with Crippen LogP contribution in [0.3, 0.4) is 0 Å². The quantitative estimate of drug-likeness (QED) is 0.722. The van der Waals surface area contributed by atoms with Gasteiger partial charge in [0.05, 0.1) is 25.3 Å². The zero-order chi connectivity index (χ0) is 19.7. The topological polar surface area (TPSA) is 24.9 Å². The van der Waals surface area contributed by atoms with Crippen molar-refractivity contribution >= 4 is 17.3 Å². The molecule has 2 aliphatic rings. The first-order valence-electron chi connectivity index (χ1n) is 9.78. The highest BCUT2D eigenvalue weighted by Gasteiger charge is 2.37. The Balaban J connectivity index is 1.68. The van der Waals surface area contributed by atoms with Crippen molar-refractivity contribution in [3.63, 3.8) is 0 Å². The van der Waals surface area contributed by atoms with Crippen LogP contribution in [0.15, 0.2) is 36.4 Å². The molecular formula is C22H26ClFN2O2. The van der Waals surface area contributed by atoms with Gasteiger partial charge in [0.2, 0.25) is 0 Å². The summed E-state index contributed by atoms with van der Waals surface area (Å²) in [5.41, 5.74) is 2.08. The number of piperazine rings is 1. The molecule has 0 amide bonds. The zero-order valence-corrected chi connectivity index (χ0v) is 17.1. The van der Waals surface area contributed by atoms with Crippen molar-refractivity contribution in [3.8, 4) is 11.5 Å². The van der Waals surface area contributed by atoms with E-state index in [1.807, 2.05) is 12.1 Å². The van der Waals surface area contributed by atoms with E-state index in [2.05, 4.69) is 21.9 Å². The predicted octanol–water partition coefficient (Wildman–Crippen LogP) is 4.91. The Bertz CT molecular complexity index is 847. The van der Waals surface area contributed by atoms with Crippen molar-refractivity contribution in [2.45, 2.75) is 31.3 Å². The van der Waals surface area contributed by atoms with E-state index < -0.39 is 0 Å². The van der Waals surface area contributed by atoms with Gasteiger partial charge in [-0.3, -0.25) is 4.90 Å². The third-order valence-electron chi connectivity index (χ3n) is 5.96. The second kappa shape index (κ2) is 8.18. The fraction of sp³-hybridized carbons (Fsp3) is 0.455. The molecule has 0 bridgehead atoms. The SMILES string of the molecule is COc1ccc(C2CN(c3ccc(Cl)c(F)c3)CC3CCCCN32)cc1OC. The molecule has 150 valence electrons. The standard InChI is InChI=1S/C22H26ClFN2O2/c1-27-21-9-6-15(11-22(21)28-2)20-14-25(13-17-5-3-4-10-26(17)20)16-7-8-18(23)19(24)12-16/h6-9,11-12,17,20H,3-5,10,13-14H2,1-2H3. The monoisotopic (exact) mass is 404 g/mol. The van der Waals surface area contributed by atoms with Gasteiger partial charge in [-0.2, -0.15) is 0 Å². The Morgan fingerprint density at radius 2 is 1.82 bits per heavy atom. The summed E-state index contributed by atoms with van der Waals surface area (Å²) in [7, 11) is 3.31. The third-order valence-corrected chi connectivity index (χ3v) is 6.26. The molecule has 2 aromatic rings. The van der Waals surface area contributed by atoms with Crippen molar-refractivity contribution in [3.05, 3.63) is 52.8 Å². The molecule has 0 aromatic heterocycles. The second-order valence-electron chi connectivity index (χ2n) is 7.52. The van der Waals surface area contributed by atoms with Crippen LogP contribution < -0.4 is 14.4 Å². The van der Waals surface area contributed by atoms with Crippen LogP contribution in [0.5, 0.6) is 11.5 Å². The van der Waals surface area contributed by atoms with Gasteiger partial charge >= 0.3 is 0 Å². The Hall–Kier alpha value is -1.98. The average Bonchev–Trinajstić information content (AvgIpc) is 2.74. The molecule has 2 atom stereocenters. The minimum atomic E-state index is -0.368. The third kappa shape index (κ3) is 3.65. The van der Waals surface area contributed by atoms with E-state index in [0.29, 0.717) is 6.04 Å². The van der Waals surface area contributed by atoms with Crippen molar-refractivity contribution < 1.29 is 13.9 Å². The smallest absolute Gasteiger partial charge is 0.161 e. The summed E-state index contributed by atoms with van der Waals surface area (Å²) >= 11 is 5.89. The minimum absolute atomic E-state index is 0.163. The van der Waals surface area contributed by atoms with E-state index in [9.17, 15) is 4.39 Å². The van der Waals surface area contributed by atoms with Gasteiger partial charge in [0.25, 0.3) is 0 Å². The van der Waals surface area contributed by atoms with Gasteiger partial charge < -0.3 is 14.4 Å². The first-order valence-corrected chi connectivity index (χ1v) is 10.2. The second-order valence-corrected chi connectivity index (χ2v) is 7.93. The Morgan fingerprint density at radius 1 is 1.00 bits per heavy atom. The first-order chi connectivity index (χ1) is 13.6. The van der Waals surface area contributed by atoms with E-state index in [1.165, 1.54) is 18.4 Å². The maximum absolute atomic E-state index is 14.1. The fourth-order valence-electron chi connectivity index (χ4n) is 4.52. The molecule has 0 N–H and O–H groups in total. The number of benzene rings is 2. The number of anilines is 1. The van der Waals surface area contributed by atoms with E-state index in [1.54, 1.807) is 26.4 Å². The number of fused-ring (bicyclic) bond motifs is 1. The molecule has 28 heavy (non-hydrogen) atoms. The van der Waals surface area contributed by atoms with Gasteiger partial charge in [0, 0.05) is 24.8 Å². The van der Waals surface area contributed by atoms with Crippen LogP contribution in [0.2, 0.25) is 5.02 Å². The number of hydrogen-bond donors (Lipinski definition) is 0. The van der Waals surface area contributed by atoms with Gasteiger partial charge in [-0.1, -0.05) is 24.1 Å². The lowest BCUT2D eigenvalue weighted by Gasteiger charge is -2.50. The fourth-order valence-corrected chi connectivity index (χ4v) is 4.64. The summed E-state index contributed by atoms with van der Waals surface area (Å²) < 4.78 is 25.0. The van der Waals surface area contributed by atoms with E-state index in [4.69, 9.17) is 21.1 Å². The van der Waals surface area contributed by atoms with Crippen LogP contribution in [-0.2, 0) is 0 Å². The summed E-state index contributed by atoms with van der Waals surface area (Å²) in [6.45, 7) is 2.80. The van der Waals surface area contributed by atoms with Crippen LogP contribution in [0, 0.1) is 5.82 Å². The summed E-state index contributed by atoms with van der Waals surface area (Å²) in [5.74, 6) is 1.10. The molecule has 0 radical (unpaired) electrons. The summed E-state index contributed by atoms with van der Waals surface area (Å²) in [4.78, 5) is 4.89. The van der Waals surface area contributed by atoms with Crippen LogP contribution in [0.1, 0.15) is 30.9 Å². The van der Waals surface area contributed by atoms with Crippen LogP contribution in [0.4, 0.5) is 10.1 Å². The van der Waals surface area contributed by atoms with Gasteiger partial charge in [-0.15, -0.1) is 0 Å². The Labute approximate surface area is 170 Å². The average molecular weight is 405 g/mol. The van der Waals surface area contributed by atoms with Crippen molar-refractivity contribution in [1.29, 1.82) is 0 Å². The molecule has 0 aliphatic carbocycles. The van der Waals surface area contributed by atoms with Gasteiger partial charge in [-0.25, -0.2) is 4.39 Å². The highest BCUT2D eigenvalue weighted by molar-refractivity contribution is 6.30. The zero-order valence-electron chi connectivity index (χ0n) is 16.3. The molecule has 4 nitrogen and oxygen atoms in total. The van der Waals surface area contributed by atoms with E-state index in [0.717, 1.165) is 43.2 Å². The lowest BCUT2D eigenvalue weighted by Crippen LogP contribution is -2.56. The Kier molecular flexibility index (Phi) is 5.65. The number of methoxy groups -OCH3 is 2. The molecule has 2 aromatic carbocycles. The molecule has 2 unspecified atom stereocenters. The number of halogens is 2. The highest BCUT2D eigenvalue weighted by Crippen LogP contribution is 2.39. The van der Waals surface area contributed by atoms with Gasteiger partial charge in [-0.05, 0) is 55.3 Å². The van der Waals surface area contributed by atoms with E-state index in [-0.39, 0.29) is 16.9 Å². The van der Waals surface area contributed by atoms with Crippen LogP contribution >= 0.6 is 11.6 Å². The maximum atomic E-state index is 14.1. The minimum Gasteiger partial charge on any atom is -0.493 e. The van der Waals surface area contributed by atoms with Crippen molar-refractivity contribution in [1.82, 2.24) is 4.90 Å². The van der Waals surface area contributed by atoms with Crippen LogP contribution in [-0.4, -0.2) is 44.8 Å². The molecule has 0 saturated carbocycles. The predicted molar refractivity (Wildman–Crippen MR) is 110 cm³/mol. The number of nitrogens with zero attached hydrogens (tertiary/aromatic N) is 2. The summed E-state index contributed by atoms with van der Waals surface area (Å²) in [6, 6.07) is 11.9. The summed E-state index contributed by atoms with van der Waals surface area (Å²) in [5, 5.41) is 0.163. The Morgan fingerprint density at radius 3 is 2.57 bits per heavy atom. The molecule has 6 heteroatoms. The molecule has 2 aliphatic heterocycles. The number of piperidine rings is 1. The molecule has 2 saturated heterocycles. The molecule has 2 heterocycles. The molecular weight excluding hydrogens is 379 g/mol. The lowest BCUT2D eigenvalue weighted by atomic mass is 9.92. The van der Waals surface area contributed by atoms with Crippen LogP contribution in [0.25, 0.3) is 0 Å². The van der Waals surface area contributed by atoms with Gasteiger partial charge in [0.15, 0.2) is 11.5 Å². The number of hydrogen-bond acceptors (Lipinski definition) is 4. The number of ether oxygens (including phenoxy) is 2. The van der Waals surface area contributed by atoms with Gasteiger partial charge in [0.1, 0.15) is 5.82 Å². The molecule has 2 fully saturated rings. The molecule has 4 rings (SSSR count). The van der Waals surface area contributed by atoms with Crippen molar-refractivity contribution in [2.24, 2.45) is 0 Å². The first kappa shape index (κ1) is 19.3. The highest BCUT2D eigenvalue weighted by atomic mass is 35.5. The number of rotatable bonds is 4. The largest absolute Gasteiger partial charge is 0.493 e. The summed E-state index contributed by atoms with van der Waals surface area (Å²) in [6.07, 6.45) is 3.62. The van der Waals surface area contributed by atoms with E-state index >= 15 is 0 Å². The maximum Gasteiger partial charge on any atom is 0.161 e. The normalized spacial score (nSPS) is 22.6. The lowest BCUT2D eigenvalue weighted by molar-refractivity contribution is 0.0768. The molecule has 0 spiro atoms.